The molecular formula is C13H17NOS. The van der Waals surface area contributed by atoms with Gasteiger partial charge in [-0.1, -0.05) is 6.07 Å². The van der Waals surface area contributed by atoms with Crippen LogP contribution in [0.3, 0.4) is 0 Å². The van der Waals surface area contributed by atoms with Crippen molar-refractivity contribution in [3.05, 3.63) is 22.4 Å². The van der Waals surface area contributed by atoms with Crippen LogP contribution < -0.4 is 0 Å². The fourth-order valence-corrected chi connectivity index (χ4v) is 2.83. The lowest BCUT2D eigenvalue weighted by molar-refractivity contribution is -0.117. The molecule has 0 saturated heterocycles. The quantitative estimate of drug-likeness (QED) is 0.768. The molecule has 0 unspecified atom stereocenters. The summed E-state index contributed by atoms with van der Waals surface area (Å²) >= 11 is 1.77. The van der Waals surface area contributed by atoms with Gasteiger partial charge in [-0.2, -0.15) is 0 Å². The molecule has 0 radical (unpaired) electrons. The molecule has 2 nitrogen and oxygen atoms in total. The van der Waals surface area contributed by atoms with Gasteiger partial charge in [0, 0.05) is 11.3 Å². The van der Waals surface area contributed by atoms with E-state index >= 15 is 0 Å². The van der Waals surface area contributed by atoms with Gasteiger partial charge >= 0.3 is 0 Å². The van der Waals surface area contributed by atoms with Gasteiger partial charge in [0.1, 0.15) is 5.78 Å². The van der Waals surface area contributed by atoms with E-state index in [1.165, 1.54) is 10.6 Å². The number of hydrogen-bond acceptors (Lipinski definition) is 3. The number of aliphatic imine (C=N–C) groups is 1. The SMILES string of the molecule is CC(=O)CCC[C@H]1CCC(c2cccs2)=N1. The first-order valence-electron chi connectivity index (χ1n) is 5.85. The molecule has 0 amide bonds. The van der Waals surface area contributed by atoms with E-state index in [4.69, 9.17) is 4.99 Å². The Bertz CT molecular complexity index is 381. The molecule has 0 bridgehead atoms. The summed E-state index contributed by atoms with van der Waals surface area (Å²) in [5, 5.41) is 2.10. The zero-order chi connectivity index (χ0) is 11.4. The molecule has 1 aromatic rings. The van der Waals surface area contributed by atoms with E-state index in [9.17, 15) is 4.79 Å². The fraction of sp³-hybridized carbons (Fsp3) is 0.538. The molecule has 1 atom stereocenters. The van der Waals surface area contributed by atoms with Crippen molar-refractivity contribution in [3.8, 4) is 0 Å². The topological polar surface area (TPSA) is 29.4 Å². The summed E-state index contributed by atoms with van der Waals surface area (Å²) in [5.74, 6) is 0.292. The highest BCUT2D eigenvalue weighted by molar-refractivity contribution is 7.12. The molecule has 1 aliphatic rings. The highest BCUT2D eigenvalue weighted by Gasteiger charge is 2.18. The standard InChI is InChI=1S/C13H17NOS/c1-10(15)4-2-5-11-7-8-12(14-11)13-6-3-9-16-13/h3,6,9,11H,2,4-5,7-8H2,1H3/t11-/m0/s1. The molecule has 0 spiro atoms. The highest BCUT2D eigenvalue weighted by atomic mass is 32.1. The third kappa shape index (κ3) is 3.01. The molecule has 86 valence electrons. The molecule has 1 aromatic heterocycles. The van der Waals surface area contributed by atoms with Crippen molar-refractivity contribution in [1.82, 2.24) is 0 Å². The first-order valence-corrected chi connectivity index (χ1v) is 6.73. The second kappa shape index (κ2) is 5.39. The average Bonchev–Trinajstić information content (AvgIpc) is 2.85. The Hall–Kier alpha value is -0.960. The third-order valence-corrected chi connectivity index (χ3v) is 3.84. The summed E-state index contributed by atoms with van der Waals surface area (Å²) in [6, 6.07) is 4.67. The molecule has 0 aromatic carbocycles. The van der Waals surface area contributed by atoms with Crippen LogP contribution in [0.4, 0.5) is 0 Å². The minimum Gasteiger partial charge on any atom is -0.300 e. The van der Waals surface area contributed by atoms with E-state index < -0.39 is 0 Å². The molecule has 2 rings (SSSR count). The first-order chi connectivity index (χ1) is 7.75. The van der Waals surface area contributed by atoms with Crippen LogP contribution >= 0.6 is 11.3 Å². The molecule has 0 aliphatic carbocycles. The van der Waals surface area contributed by atoms with Gasteiger partial charge in [0.05, 0.1) is 11.8 Å². The number of carbonyl (C=O) groups is 1. The fourth-order valence-electron chi connectivity index (χ4n) is 2.08. The van der Waals surface area contributed by atoms with Crippen LogP contribution in [-0.2, 0) is 4.79 Å². The lowest BCUT2D eigenvalue weighted by Gasteiger charge is -2.03. The van der Waals surface area contributed by atoms with Crippen LogP contribution in [0.2, 0.25) is 0 Å². The van der Waals surface area contributed by atoms with Crippen molar-refractivity contribution in [2.75, 3.05) is 0 Å². The molecule has 0 N–H and O–H groups in total. The lowest BCUT2D eigenvalue weighted by Crippen LogP contribution is -2.00. The average molecular weight is 235 g/mol. The van der Waals surface area contributed by atoms with Gasteiger partial charge in [-0.3, -0.25) is 4.99 Å². The van der Waals surface area contributed by atoms with Crippen LogP contribution in [0.25, 0.3) is 0 Å². The number of nitrogens with zero attached hydrogens (tertiary/aromatic N) is 1. The van der Waals surface area contributed by atoms with Gasteiger partial charge in [0.2, 0.25) is 0 Å². The molecular weight excluding hydrogens is 218 g/mol. The predicted molar refractivity (Wildman–Crippen MR) is 68.4 cm³/mol. The van der Waals surface area contributed by atoms with Gasteiger partial charge in [0.15, 0.2) is 0 Å². The summed E-state index contributed by atoms with van der Waals surface area (Å²) in [7, 11) is 0. The lowest BCUT2D eigenvalue weighted by atomic mass is 10.1. The number of carbonyl (C=O) groups excluding carboxylic acids is 1. The number of hydrogen-bond donors (Lipinski definition) is 0. The monoisotopic (exact) mass is 235 g/mol. The normalized spacial score (nSPS) is 19.8. The largest absolute Gasteiger partial charge is 0.300 e. The molecule has 3 heteroatoms. The smallest absolute Gasteiger partial charge is 0.129 e. The summed E-state index contributed by atoms with van der Waals surface area (Å²) in [4.78, 5) is 16.9. The Labute approximate surface area is 100 Å². The van der Waals surface area contributed by atoms with Crippen molar-refractivity contribution in [2.24, 2.45) is 4.99 Å². The van der Waals surface area contributed by atoms with E-state index in [1.807, 2.05) is 0 Å². The number of Topliss-reactive ketones (excluding diaryl/α,β-unsaturated/α-hetero) is 1. The van der Waals surface area contributed by atoms with Crippen LogP contribution in [0, 0.1) is 0 Å². The van der Waals surface area contributed by atoms with E-state index in [2.05, 4.69) is 17.5 Å². The highest BCUT2D eigenvalue weighted by Crippen LogP contribution is 2.24. The van der Waals surface area contributed by atoms with E-state index in [0.717, 1.165) is 25.7 Å². The molecule has 0 fully saturated rings. The predicted octanol–water partition coefficient (Wildman–Crippen LogP) is 3.46. The first kappa shape index (κ1) is 11.5. The Morgan fingerprint density at radius 3 is 3.19 bits per heavy atom. The van der Waals surface area contributed by atoms with Gasteiger partial charge < -0.3 is 4.79 Å². The van der Waals surface area contributed by atoms with E-state index in [-0.39, 0.29) is 0 Å². The van der Waals surface area contributed by atoms with Crippen molar-refractivity contribution in [2.45, 2.75) is 45.1 Å². The zero-order valence-electron chi connectivity index (χ0n) is 9.61. The minimum absolute atomic E-state index is 0.292. The third-order valence-electron chi connectivity index (χ3n) is 2.92. The molecule has 2 heterocycles. The molecule has 1 aliphatic heterocycles. The van der Waals surface area contributed by atoms with Gasteiger partial charge in [-0.25, -0.2) is 0 Å². The Balaban J connectivity index is 1.84. The maximum atomic E-state index is 10.8. The number of thiophene rings is 1. The van der Waals surface area contributed by atoms with Crippen LogP contribution in [0.5, 0.6) is 0 Å². The molecule has 16 heavy (non-hydrogen) atoms. The Morgan fingerprint density at radius 1 is 1.62 bits per heavy atom. The number of ketones is 1. The van der Waals surface area contributed by atoms with Gasteiger partial charge in [-0.05, 0) is 44.1 Å². The minimum atomic E-state index is 0.292. The van der Waals surface area contributed by atoms with Crippen LogP contribution in [0.15, 0.2) is 22.5 Å². The van der Waals surface area contributed by atoms with Crippen LogP contribution in [0.1, 0.15) is 43.9 Å². The summed E-state index contributed by atoms with van der Waals surface area (Å²) in [6.07, 6.45) is 5.02. The van der Waals surface area contributed by atoms with Crippen LogP contribution in [-0.4, -0.2) is 17.5 Å². The van der Waals surface area contributed by atoms with E-state index in [0.29, 0.717) is 18.2 Å². The van der Waals surface area contributed by atoms with Crippen molar-refractivity contribution in [3.63, 3.8) is 0 Å². The summed E-state index contributed by atoms with van der Waals surface area (Å²) in [6.45, 7) is 1.66. The Morgan fingerprint density at radius 2 is 2.50 bits per heavy atom. The van der Waals surface area contributed by atoms with Gasteiger partial charge in [-0.15, -0.1) is 11.3 Å². The summed E-state index contributed by atoms with van der Waals surface area (Å²) < 4.78 is 0. The summed E-state index contributed by atoms with van der Waals surface area (Å²) in [5.41, 5.74) is 1.27. The molecule has 0 saturated carbocycles. The number of rotatable bonds is 5. The maximum Gasteiger partial charge on any atom is 0.129 e. The van der Waals surface area contributed by atoms with Crippen molar-refractivity contribution < 1.29 is 4.79 Å². The Kier molecular flexibility index (Phi) is 3.88. The zero-order valence-corrected chi connectivity index (χ0v) is 10.4. The van der Waals surface area contributed by atoms with Crippen molar-refractivity contribution in [1.29, 1.82) is 0 Å². The second-order valence-electron chi connectivity index (χ2n) is 4.34. The van der Waals surface area contributed by atoms with Gasteiger partial charge in [0.25, 0.3) is 0 Å². The van der Waals surface area contributed by atoms with E-state index in [1.54, 1.807) is 18.3 Å². The second-order valence-corrected chi connectivity index (χ2v) is 5.29. The maximum absolute atomic E-state index is 10.8. The van der Waals surface area contributed by atoms with Crippen molar-refractivity contribution >= 4 is 22.8 Å².